The Bertz CT molecular complexity index is 473. The normalized spacial score (nSPS) is 11.6. The Hall–Kier alpha value is -2.04. The highest BCUT2D eigenvalue weighted by Gasteiger charge is 2.16. The number of amides is 1. The maximum atomic E-state index is 11.8. The number of hydrogen-bond acceptors (Lipinski definition) is 4. The highest BCUT2D eigenvalue weighted by molar-refractivity contribution is 5.84. The Kier molecular flexibility index (Phi) is 7.29. The third-order valence-corrected chi connectivity index (χ3v) is 2.91. The van der Waals surface area contributed by atoms with E-state index >= 15 is 0 Å². The lowest BCUT2D eigenvalue weighted by molar-refractivity contribution is -0.146. The Morgan fingerprint density at radius 3 is 2.57 bits per heavy atom. The van der Waals surface area contributed by atoms with E-state index in [0.29, 0.717) is 26.1 Å². The molecule has 21 heavy (non-hydrogen) atoms. The first-order chi connectivity index (χ1) is 10.1. The summed E-state index contributed by atoms with van der Waals surface area (Å²) in [6, 6.07) is 7.01. The van der Waals surface area contributed by atoms with Crippen molar-refractivity contribution >= 4 is 11.9 Å². The molecule has 0 heterocycles. The fourth-order valence-electron chi connectivity index (χ4n) is 1.89. The summed E-state index contributed by atoms with van der Waals surface area (Å²) in [4.78, 5) is 23.3. The highest BCUT2D eigenvalue weighted by Crippen LogP contribution is 2.19. The van der Waals surface area contributed by atoms with Crippen molar-refractivity contribution in [3.05, 3.63) is 29.8 Å². The van der Waals surface area contributed by atoms with Gasteiger partial charge in [0.2, 0.25) is 5.91 Å². The number of rotatable bonds is 8. The molecule has 0 radical (unpaired) electrons. The molecule has 0 fully saturated rings. The van der Waals surface area contributed by atoms with Crippen LogP contribution in [-0.4, -0.2) is 31.1 Å². The van der Waals surface area contributed by atoms with E-state index in [1.165, 1.54) is 0 Å². The Labute approximate surface area is 125 Å². The molecule has 0 aliphatic rings. The first-order valence-corrected chi connectivity index (χ1v) is 7.25. The lowest BCUT2D eigenvalue weighted by Crippen LogP contribution is -2.39. The van der Waals surface area contributed by atoms with Gasteiger partial charge >= 0.3 is 5.97 Å². The molecule has 0 aliphatic carbocycles. The number of carbonyl (C=O) groups excluding carboxylic acids is 2. The summed E-state index contributed by atoms with van der Waals surface area (Å²) in [6.07, 6.45) is 0.866. The summed E-state index contributed by atoms with van der Waals surface area (Å²) < 4.78 is 10.4. The summed E-state index contributed by atoms with van der Waals surface area (Å²) in [7, 11) is 0. The van der Waals surface area contributed by atoms with Gasteiger partial charge in [-0.1, -0.05) is 18.2 Å². The molecule has 1 rings (SSSR count). The number of nitrogens with one attached hydrogen (secondary N) is 1. The van der Waals surface area contributed by atoms with Crippen molar-refractivity contribution in [3.8, 4) is 5.75 Å². The van der Waals surface area contributed by atoms with Crippen molar-refractivity contribution in [2.75, 3.05) is 13.2 Å². The zero-order chi connectivity index (χ0) is 15.7. The van der Waals surface area contributed by atoms with Gasteiger partial charge in [0, 0.05) is 6.42 Å². The molecule has 0 saturated heterocycles. The van der Waals surface area contributed by atoms with Crippen LogP contribution in [0.15, 0.2) is 24.3 Å². The zero-order valence-electron chi connectivity index (χ0n) is 12.8. The van der Waals surface area contributed by atoms with Crippen LogP contribution in [0.2, 0.25) is 0 Å². The van der Waals surface area contributed by atoms with Crippen LogP contribution >= 0.6 is 0 Å². The second-order valence-electron chi connectivity index (χ2n) is 4.58. The number of benzene rings is 1. The number of hydrogen-bond donors (Lipinski definition) is 1. The lowest BCUT2D eigenvalue weighted by atomic mass is 10.1. The number of carbonyl (C=O) groups is 2. The standard InChI is InChI=1S/C16H23NO4/c1-4-20-14-9-7-6-8-13(14)10-11-15(18)17-12(3)16(19)21-5-2/h6-9,12H,4-5,10-11H2,1-3H3,(H,17,18). The summed E-state index contributed by atoms with van der Waals surface area (Å²) in [5, 5.41) is 2.63. The Morgan fingerprint density at radius 2 is 1.90 bits per heavy atom. The molecular weight excluding hydrogens is 270 g/mol. The predicted molar refractivity (Wildman–Crippen MR) is 80.2 cm³/mol. The molecule has 1 aromatic rings. The number of ether oxygens (including phenoxy) is 2. The molecule has 1 atom stereocenters. The van der Waals surface area contributed by atoms with E-state index in [-0.39, 0.29) is 5.91 Å². The van der Waals surface area contributed by atoms with E-state index in [4.69, 9.17) is 9.47 Å². The largest absolute Gasteiger partial charge is 0.494 e. The van der Waals surface area contributed by atoms with Crippen LogP contribution in [-0.2, 0) is 20.7 Å². The van der Waals surface area contributed by atoms with Crippen LogP contribution in [0.25, 0.3) is 0 Å². The molecule has 0 aliphatic heterocycles. The van der Waals surface area contributed by atoms with E-state index in [2.05, 4.69) is 5.32 Å². The topological polar surface area (TPSA) is 64.6 Å². The second-order valence-corrected chi connectivity index (χ2v) is 4.58. The van der Waals surface area contributed by atoms with Crippen LogP contribution in [0.3, 0.4) is 0 Å². The third-order valence-electron chi connectivity index (χ3n) is 2.91. The van der Waals surface area contributed by atoms with E-state index in [1.54, 1.807) is 13.8 Å². The van der Waals surface area contributed by atoms with E-state index in [0.717, 1.165) is 11.3 Å². The molecule has 1 N–H and O–H groups in total. The molecule has 1 aromatic carbocycles. The van der Waals surface area contributed by atoms with Gasteiger partial charge in [-0.2, -0.15) is 0 Å². The van der Waals surface area contributed by atoms with Crippen molar-refractivity contribution in [2.45, 2.75) is 39.7 Å². The molecule has 0 aromatic heterocycles. The van der Waals surface area contributed by atoms with Gasteiger partial charge in [-0.15, -0.1) is 0 Å². The molecule has 0 saturated carbocycles. The minimum atomic E-state index is -0.625. The molecule has 5 heteroatoms. The second kappa shape index (κ2) is 9.00. The van der Waals surface area contributed by atoms with E-state index in [1.807, 2.05) is 31.2 Å². The minimum absolute atomic E-state index is 0.179. The molecule has 5 nitrogen and oxygen atoms in total. The average molecular weight is 293 g/mol. The molecule has 0 spiro atoms. The number of aryl methyl sites for hydroxylation is 1. The monoisotopic (exact) mass is 293 g/mol. The van der Waals surface area contributed by atoms with Crippen LogP contribution in [0, 0.1) is 0 Å². The van der Waals surface area contributed by atoms with E-state index in [9.17, 15) is 9.59 Å². The smallest absolute Gasteiger partial charge is 0.328 e. The van der Waals surface area contributed by atoms with Crippen LogP contribution in [0.1, 0.15) is 32.8 Å². The van der Waals surface area contributed by atoms with Crippen LogP contribution in [0.4, 0.5) is 0 Å². The van der Waals surface area contributed by atoms with Gasteiger partial charge in [-0.25, -0.2) is 4.79 Å². The molecule has 116 valence electrons. The quantitative estimate of drug-likeness (QED) is 0.745. The van der Waals surface area contributed by atoms with Crippen molar-refractivity contribution in [1.29, 1.82) is 0 Å². The molecule has 1 amide bonds. The first-order valence-electron chi connectivity index (χ1n) is 7.25. The maximum Gasteiger partial charge on any atom is 0.328 e. The predicted octanol–water partition coefficient (Wildman–Crippen LogP) is 2.09. The fourth-order valence-corrected chi connectivity index (χ4v) is 1.89. The third kappa shape index (κ3) is 5.85. The molecule has 0 bridgehead atoms. The molecule has 1 unspecified atom stereocenters. The van der Waals surface area contributed by atoms with Crippen molar-refractivity contribution in [3.63, 3.8) is 0 Å². The van der Waals surface area contributed by atoms with Gasteiger partial charge in [-0.3, -0.25) is 4.79 Å². The van der Waals surface area contributed by atoms with Gasteiger partial charge in [0.15, 0.2) is 0 Å². The number of para-hydroxylation sites is 1. The summed E-state index contributed by atoms with van der Waals surface area (Å²) in [5.41, 5.74) is 0.985. The van der Waals surface area contributed by atoms with E-state index < -0.39 is 12.0 Å². The number of esters is 1. The molecular formula is C16H23NO4. The summed E-state index contributed by atoms with van der Waals surface area (Å²) in [6.45, 7) is 6.16. The van der Waals surface area contributed by atoms with Gasteiger partial charge < -0.3 is 14.8 Å². The van der Waals surface area contributed by atoms with Crippen molar-refractivity contribution in [2.24, 2.45) is 0 Å². The average Bonchev–Trinajstić information content (AvgIpc) is 2.47. The highest BCUT2D eigenvalue weighted by atomic mass is 16.5. The zero-order valence-corrected chi connectivity index (χ0v) is 12.8. The fraction of sp³-hybridized carbons (Fsp3) is 0.500. The summed E-state index contributed by atoms with van der Waals surface area (Å²) in [5.74, 6) is 0.202. The Morgan fingerprint density at radius 1 is 1.19 bits per heavy atom. The van der Waals surface area contributed by atoms with Crippen molar-refractivity contribution < 1.29 is 19.1 Å². The van der Waals surface area contributed by atoms with Crippen molar-refractivity contribution in [1.82, 2.24) is 5.32 Å². The van der Waals surface area contributed by atoms with Gasteiger partial charge in [0.05, 0.1) is 13.2 Å². The SMILES string of the molecule is CCOC(=O)C(C)NC(=O)CCc1ccccc1OCC. The van der Waals surface area contributed by atoms with Gasteiger partial charge in [-0.05, 0) is 38.8 Å². The van der Waals surface area contributed by atoms with Crippen LogP contribution < -0.4 is 10.1 Å². The minimum Gasteiger partial charge on any atom is -0.494 e. The van der Waals surface area contributed by atoms with Gasteiger partial charge in [0.25, 0.3) is 0 Å². The van der Waals surface area contributed by atoms with Crippen LogP contribution in [0.5, 0.6) is 5.75 Å². The first kappa shape index (κ1) is 17.0. The Balaban J connectivity index is 2.48. The summed E-state index contributed by atoms with van der Waals surface area (Å²) >= 11 is 0. The van der Waals surface area contributed by atoms with Gasteiger partial charge in [0.1, 0.15) is 11.8 Å². The lowest BCUT2D eigenvalue weighted by Gasteiger charge is -2.13. The maximum absolute atomic E-state index is 11.8.